The van der Waals surface area contributed by atoms with Crippen LogP contribution >= 0.6 is 11.3 Å². The molecule has 4 heteroatoms. The lowest BCUT2D eigenvalue weighted by molar-refractivity contribution is -0.118. The Kier molecular flexibility index (Phi) is 3.99. The molecule has 0 aliphatic rings. The number of ether oxygens (including phenoxy) is 1. The van der Waals surface area contributed by atoms with E-state index in [9.17, 15) is 4.79 Å². The molecule has 0 fully saturated rings. The largest absolute Gasteiger partial charge is 0.483 e. The number of aryl methyl sites for hydroxylation is 2. The highest BCUT2D eigenvalue weighted by Gasteiger charge is 2.07. The van der Waals surface area contributed by atoms with Crippen molar-refractivity contribution in [1.82, 2.24) is 0 Å². The van der Waals surface area contributed by atoms with E-state index >= 15 is 0 Å². The highest BCUT2D eigenvalue weighted by Crippen LogP contribution is 2.22. The minimum Gasteiger partial charge on any atom is -0.483 e. The predicted molar refractivity (Wildman–Crippen MR) is 74.4 cm³/mol. The number of para-hydroxylation sites is 1. The number of thiophene rings is 1. The first-order chi connectivity index (χ1) is 8.66. The zero-order chi connectivity index (χ0) is 13.0. The second kappa shape index (κ2) is 5.69. The summed E-state index contributed by atoms with van der Waals surface area (Å²) in [6, 6.07) is 7.78. The summed E-state index contributed by atoms with van der Waals surface area (Å²) in [6.07, 6.45) is 0. The lowest BCUT2D eigenvalue weighted by atomic mass is 10.1. The zero-order valence-electron chi connectivity index (χ0n) is 10.4. The maximum Gasteiger partial charge on any atom is 0.262 e. The first kappa shape index (κ1) is 12.6. The molecule has 0 atom stereocenters. The molecule has 1 heterocycles. The van der Waals surface area contributed by atoms with Gasteiger partial charge < -0.3 is 10.1 Å². The number of anilines is 1. The number of nitrogens with one attached hydrogen (secondary N) is 1. The summed E-state index contributed by atoms with van der Waals surface area (Å²) in [5.41, 5.74) is 2.90. The van der Waals surface area contributed by atoms with Gasteiger partial charge in [-0.1, -0.05) is 18.2 Å². The molecule has 1 aromatic carbocycles. The fraction of sp³-hybridized carbons (Fsp3) is 0.214. The van der Waals surface area contributed by atoms with E-state index in [1.54, 1.807) is 11.3 Å². The first-order valence-electron chi connectivity index (χ1n) is 5.68. The average molecular weight is 261 g/mol. The Morgan fingerprint density at radius 3 is 2.61 bits per heavy atom. The standard InChI is InChI=1S/C14H15NO2S/c1-10-4-3-5-11(2)14(10)17-8-13(16)15-12-6-7-18-9-12/h3-7,9H,8H2,1-2H3,(H,15,16). The fourth-order valence-corrected chi connectivity index (χ4v) is 2.29. The molecule has 1 aromatic heterocycles. The first-order valence-corrected chi connectivity index (χ1v) is 6.62. The van der Waals surface area contributed by atoms with Crippen LogP contribution in [0.15, 0.2) is 35.0 Å². The van der Waals surface area contributed by atoms with E-state index in [4.69, 9.17) is 4.74 Å². The molecule has 3 nitrogen and oxygen atoms in total. The molecule has 94 valence electrons. The summed E-state index contributed by atoms with van der Waals surface area (Å²) in [4.78, 5) is 11.7. The Morgan fingerprint density at radius 1 is 1.28 bits per heavy atom. The molecule has 0 aliphatic carbocycles. The number of hydrogen-bond acceptors (Lipinski definition) is 3. The van der Waals surface area contributed by atoms with Crippen LogP contribution in [0.4, 0.5) is 5.69 Å². The Hall–Kier alpha value is -1.81. The number of rotatable bonds is 4. The lowest BCUT2D eigenvalue weighted by Crippen LogP contribution is -2.20. The van der Waals surface area contributed by atoms with Gasteiger partial charge in [-0.05, 0) is 36.4 Å². The molecule has 0 bridgehead atoms. The quantitative estimate of drug-likeness (QED) is 0.916. The van der Waals surface area contributed by atoms with Gasteiger partial charge in [0.15, 0.2) is 6.61 Å². The molecule has 2 aromatic rings. The van der Waals surface area contributed by atoms with E-state index in [0.717, 1.165) is 22.6 Å². The summed E-state index contributed by atoms with van der Waals surface area (Å²) in [7, 11) is 0. The van der Waals surface area contributed by atoms with Gasteiger partial charge in [0.2, 0.25) is 0 Å². The van der Waals surface area contributed by atoms with Gasteiger partial charge in [0.25, 0.3) is 5.91 Å². The number of amides is 1. The summed E-state index contributed by atoms with van der Waals surface area (Å²) < 4.78 is 5.57. The lowest BCUT2D eigenvalue weighted by Gasteiger charge is -2.11. The van der Waals surface area contributed by atoms with Crippen LogP contribution in [-0.2, 0) is 4.79 Å². The van der Waals surface area contributed by atoms with Gasteiger partial charge >= 0.3 is 0 Å². The Bertz CT molecular complexity index is 514. The number of carbonyl (C=O) groups is 1. The molecule has 0 aliphatic heterocycles. The van der Waals surface area contributed by atoms with Crippen LogP contribution in [0.25, 0.3) is 0 Å². The SMILES string of the molecule is Cc1cccc(C)c1OCC(=O)Nc1ccsc1. The van der Waals surface area contributed by atoms with Crippen molar-refractivity contribution in [2.45, 2.75) is 13.8 Å². The smallest absolute Gasteiger partial charge is 0.262 e. The fourth-order valence-electron chi connectivity index (χ4n) is 1.70. The van der Waals surface area contributed by atoms with Crippen LogP contribution in [0.1, 0.15) is 11.1 Å². The van der Waals surface area contributed by atoms with E-state index in [1.807, 2.05) is 48.9 Å². The minimum atomic E-state index is -0.143. The molecule has 0 saturated heterocycles. The van der Waals surface area contributed by atoms with Gasteiger partial charge in [-0.3, -0.25) is 4.79 Å². The molecule has 0 spiro atoms. The number of benzene rings is 1. The van der Waals surface area contributed by atoms with Crippen molar-refractivity contribution in [3.8, 4) is 5.75 Å². The van der Waals surface area contributed by atoms with E-state index in [-0.39, 0.29) is 12.5 Å². The third-order valence-electron chi connectivity index (χ3n) is 2.56. The Balaban J connectivity index is 1.93. The van der Waals surface area contributed by atoms with Crippen LogP contribution in [0.5, 0.6) is 5.75 Å². The second-order valence-corrected chi connectivity index (χ2v) is 4.85. The van der Waals surface area contributed by atoms with Crippen molar-refractivity contribution in [3.63, 3.8) is 0 Å². The van der Waals surface area contributed by atoms with E-state index in [0.29, 0.717) is 0 Å². The maximum atomic E-state index is 11.7. The molecule has 1 N–H and O–H groups in total. The van der Waals surface area contributed by atoms with Gasteiger partial charge in [0.05, 0.1) is 5.69 Å². The van der Waals surface area contributed by atoms with Crippen molar-refractivity contribution >= 4 is 22.9 Å². The topological polar surface area (TPSA) is 38.3 Å². The normalized spacial score (nSPS) is 10.1. The molecule has 2 rings (SSSR count). The highest BCUT2D eigenvalue weighted by molar-refractivity contribution is 7.08. The van der Waals surface area contributed by atoms with Gasteiger partial charge in [-0.2, -0.15) is 11.3 Å². The Morgan fingerprint density at radius 2 is 2.00 bits per heavy atom. The molecular formula is C14H15NO2S. The molecule has 18 heavy (non-hydrogen) atoms. The van der Waals surface area contributed by atoms with Crippen molar-refractivity contribution in [2.24, 2.45) is 0 Å². The van der Waals surface area contributed by atoms with Crippen LogP contribution in [0, 0.1) is 13.8 Å². The molecular weight excluding hydrogens is 246 g/mol. The van der Waals surface area contributed by atoms with Crippen LogP contribution < -0.4 is 10.1 Å². The number of carbonyl (C=O) groups excluding carboxylic acids is 1. The summed E-state index contributed by atoms with van der Waals surface area (Å²) in [5, 5.41) is 6.58. The summed E-state index contributed by atoms with van der Waals surface area (Å²) in [6.45, 7) is 3.97. The summed E-state index contributed by atoms with van der Waals surface area (Å²) >= 11 is 1.55. The van der Waals surface area contributed by atoms with Crippen LogP contribution in [-0.4, -0.2) is 12.5 Å². The van der Waals surface area contributed by atoms with Crippen LogP contribution in [0.3, 0.4) is 0 Å². The predicted octanol–water partition coefficient (Wildman–Crippen LogP) is 3.38. The Labute approximate surface area is 110 Å². The van der Waals surface area contributed by atoms with Crippen LogP contribution in [0.2, 0.25) is 0 Å². The zero-order valence-corrected chi connectivity index (χ0v) is 11.2. The maximum absolute atomic E-state index is 11.7. The van der Waals surface area contributed by atoms with Gasteiger partial charge in [0.1, 0.15) is 5.75 Å². The van der Waals surface area contributed by atoms with Crippen molar-refractivity contribution in [2.75, 3.05) is 11.9 Å². The third-order valence-corrected chi connectivity index (χ3v) is 3.24. The minimum absolute atomic E-state index is 0.0293. The molecule has 0 unspecified atom stereocenters. The molecule has 0 saturated carbocycles. The molecule has 0 radical (unpaired) electrons. The number of hydrogen-bond donors (Lipinski definition) is 1. The van der Waals surface area contributed by atoms with E-state index in [1.165, 1.54) is 0 Å². The van der Waals surface area contributed by atoms with Gasteiger partial charge in [-0.15, -0.1) is 0 Å². The van der Waals surface area contributed by atoms with E-state index in [2.05, 4.69) is 5.32 Å². The van der Waals surface area contributed by atoms with Gasteiger partial charge in [-0.25, -0.2) is 0 Å². The molecule has 1 amide bonds. The highest BCUT2D eigenvalue weighted by atomic mass is 32.1. The third kappa shape index (κ3) is 3.11. The second-order valence-electron chi connectivity index (χ2n) is 4.07. The monoisotopic (exact) mass is 261 g/mol. The van der Waals surface area contributed by atoms with Crippen molar-refractivity contribution < 1.29 is 9.53 Å². The van der Waals surface area contributed by atoms with E-state index < -0.39 is 0 Å². The van der Waals surface area contributed by atoms with Crippen molar-refractivity contribution in [1.29, 1.82) is 0 Å². The summed E-state index contributed by atoms with van der Waals surface area (Å²) in [5.74, 6) is 0.647. The average Bonchev–Trinajstić information content (AvgIpc) is 2.81. The van der Waals surface area contributed by atoms with Crippen molar-refractivity contribution in [3.05, 3.63) is 46.2 Å². The van der Waals surface area contributed by atoms with Gasteiger partial charge in [0, 0.05) is 5.38 Å².